The van der Waals surface area contributed by atoms with E-state index in [0.29, 0.717) is 23.4 Å². The van der Waals surface area contributed by atoms with Crippen molar-refractivity contribution < 1.29 is 4.79 Å². The monoisotopic (exact) mass is 430 g/mol. The van der Waals surface area contributed by atoms with Gasteiger partial charge in [0.05, 0.1) is 11.0 Å². The molecule has 0 bridgehead atoms. The minimum atomic E-state index is 0.113. The van der Waals surface area contributed by atoms with Crippen molar-refractivity contribution in [2.75, 3.05) is 0 Å². The maximum absolute atomic E-state index is 12.9. The zero-order valence-electron chi connectivity index (χ0n) is 18.1. The third kappa shape index (κ3) is 4.72. The second-order valence-corrected chi connectivity index (χ2v) is 8.43. The molecule has 0 N–H and O–H groups in total. The number of fused-ring (bicyclic) bond motifs is 1. The number of Topliss-reactive ketones (excluding diaryl/α,β-unsaturated/α-hetero) is 1. The number of hydrogen-bond acceptors (Lipinski definition) is 2. The van der Waals surface area contributed by atoms with Crippen molar-refractivity contribution >= 4 is 28.4 Å². The van der Waals surface area contributed by atoms with E-state index in [1.54, 1.807) is 0 Å². The SMILES string of the molecule is CCCCc1nc2cc(C(=O)CCc3ccccc3Cl)ccc2n1-c1cccc(C)c1. The van der Waals surface area contributed by atoms with Gasteiger partial charge in [-0.2, -0.15) is 0 Å². The molecule has 3 aromatic carbocycles. The van der Waals surface area contributed by atoms with Gasteiger partial charge in [0.2, 0.25) is 0 Å². The van der Waals surface area contributed by atoms with Gasteiger partial charge in [0.25, 0.3) is 0 Å². The van der Waals surface area contributed by atoms with Crippen LogP contribution in [-0.2, 0) is 12.8 Å². The van der Waals surface area contributed by atoms with Crippen LogP contribution in [0, 0.1) is 6.92 Å². The van der Waals surface area contributed by atoms with Crippen LogP contribution < -0.4 is 0 Å². The zero-order valence-corrected chi connectivity index (χ0v) is 18.8. The summed E-state index contributed by atoms with van der Waals surface area (Å²) in [6.07, 6.45) is 4.17. The van der Waals surface area contributed by atoms with Gasteiger partial charge in [-0.15, -0.1) is 0 Å². The summed E-state index contributed by atoms with van der Waals surface area (Å²) in [4.78, 5) is 17.8. The fourth-order valence-corrected chi connectivity index (χ4v) is 4.19. The fraction of sp³-hybridized carbons (Fsp3) is 0.259. The van der Waals surface area contributed by atoms with Crippen LogP contribution in [0.1, 0.15) is 53.5 Å². The van der Waals surface area contributed by atoms with E-state index in [9.17, 15) is 4.79 Å². The third-order valence-electron chi connectivity index (χ3n) is 5.64. The molecule has 0 saturated carbocycles. The number of unbranched alkanes of at least 4 members (excludes halogenated alkanes) is 1. The maximum atomic E-state index is 12.9. The summed E-state index contributed by atoms with van der Waals surface area (Å²) in [5, 5.41) is 0.711. The summed E-state index contributed by atoms with van der Waals surface area (Å²) in [7, 11) is 0. The molecule has 0 radical (unpaired) electrons. The molecule has 31 heavy (non-hydrogen) atoms. The lowest BCUT2D eigenvalue weighted by Gasteiger charge is -2.10. The highest BCUT2D eigenvalue weighted by atomic mass is 35.5. The van der Waals surface area contributed by atoms with E-state index in [0.717, 1.165) is 47.4 Å². The smallest absolute Gasteiger partial charge is 0.163 e. The van der Waals surface area contributed by atoms with Gasteiger partial charge in [-0.25, -0.2) is 4.98 Å². The molecule has 0 aliphatic rings. The van der Waals surface area contributed by atoms with Crippen molar-refractivity contribution in [1.29, 1.82) is 0 Å². The van der Waals surface area contributed by atoms with Crippen LogP contribution in [0.15, 0.2) is 66.7 Å². The predicted molar refractivity (Wildman–Crippen MR) is 129 cm³/mol. The second-order valence-electron chi connectivity index (χ2n) is 8.02. The van der Waals surface area contributed by atoms with Gasteiger partial charge in [-0.1, -0.05) is 55.3 Å². The van der Waals surface area contributed by atoms with Crippen molar-refractivity contribution in [2.45, 2.75) is 46.0 Å². The van der Waals surface area contributed by atoms with Gasteiger partial charge >= 0.3 is 0 Å². The predicted octanol–water partition coefficient (Wildman–Crippen LogP) is 7.15. The number of imidazole rings is 1. The minimum Gasteiger partial charge on any atom is -0.296 e. The van der Waals surface area contributed by atoms with Gasteiger partial charge < -0.3 is 0 Å². The normalized spacial score (nSPS) is 11.2. The first kappa shape index (κ1) is 21.3. The van der Waals surface area contributed by atoms with Gasteiger partial charge in [0.1, 0.15) is 5.82 Å². The van der Waals surface area contributed by atoms with Crippen molar-refractivity contribution in [1.82, 2.24) is 9.55 Å². The molecule has 4 aromatic rings. The molecule has 0 amide bonds. The highest BCUT2D eigenvalue weighted by Gasteiger charge is 2.15. The molecule has 0 aliphatic carbocycles. The highest BCUT2D eigenvalue weighted by Crippen LogP contribution is 2.25. The number of carbonyl (C=O) groups excluding carboxylic acids is 1. The van der Waals surface area contributed by atoms with Gasteiger partial charge in [0.15, 0.2) is 5.78 Å². The molecule has 0 unspecified atom stereocenters. The first-order valence-corrected chi connectivity index (χ1v) is 11.3. The number of benzene rings is 3. The Bertz CT molecular complexity index is 1230. The number of hydrogen-bond donors (Lipinski definition) is 0. The van der Waals surface area contributed by atoms with Crippen molar-refractivity contribution in [3.8, 4) is 5.69 Å². The van der Waals surface area contributed by atoms with E-state index in [4.69, 9.17) is 16.6 Å². The van der Waals surface area contributed by atoms with E-state index in [1.807, 2.05) is 42.5 Å². The van der Waals surface area contributed by atoms with Gasteiger partial charge in [0, 0.05) is 29.1 Å². The molecule has 3 nitrogen and oxygen atoms in total. The molecule has 4 heteroatoms. The van der Waals surface area contributed by atoms with Gasteiger partial charge in [-0.3, -0.25) is 9.36 Å². The average molecular weight is 431 g/mol. The zero-order chi connectivity index (χ0) is 21.8. The Kier molecular flexibility index (Phi) is 6.53. The molecule has 158 valence electrons. The van der Waals surface area contributed by atoms with E-state index < -0.39 is 0 Å². The highest BCUT2D eigenvalue weighted by molar-refractivity contribution is 6.31. The molecule has 0 saturated heterocycles. The minimum absolute atomic E-state index is 0.113. The molecule has 1 heterocycles. The number of rotatable bonds is 8. The number of halogens is 1. The summed E-state index contributed by atoms with van der Waals surface area (Å²) in [6.45, 7) is 4.29. The number of aromatic nitrogens is 2. The topological polar surface area (TPSA) is 34.9 Å². The van der Waals surface area contributed by atoms with E-state index >= 15 is 0 Å². The first-order valence-electron chi connectivity index (χ1n) is 10.9. The van der Waals surface area contributed by atoms with Crippen LogP contribution in [0.2, 0.25) is 5.02 Å². The average Bonchev–Trinajstić information content (AvgIpc) is 3.14. The Hall–Kier alpha value is -2.91. The summed E-state index contributed by atoms with van der Waals surface area (Å²) in [5.41, 5.74) is 5.95. The molecule has 0 aliphatic heterocycles. The molecule has 0 fully saturated rings. The van der Waals surface area contributed by atoms with Crippen molar-refractivity contribution in [3.63, 3.8) is 0 Å². The molecule has 0 atom stereocenters. The first-order chi connectivity index (χ1) is 15.1. The third-order valence-corrected chi connectivity index (χ3v) is 6.01. The second kappa shape index (κ2) is 9.49. The number of carbonyl (C=O) groups is 1. The van der Waals surface area contributed by atoms with Crippen LogP contribution in [-0.4, -0.2) is 15.3 Å². The van der Waals surface area contributed by atoms with Crippen LogP contribution in [0.3, 0.4) is 0 Å². The van der Waals surface area contributed by atoms with E-state index in [2.05, 4.69) is 42.7 Å². The van der Waals surface area contributed by atoms with Crippen LogP contribution in [0.4, 0.5) is 0 Å². The van der Waals surface area contributed by atoms with Crippen molar-refractivity contribution in [2.24, 2.45) is 0 Å². The Morgan fingerprint density at radius 2 is 1.84 bits per heavy atom. The lowest BCUT2D eigenvalue weighted by Crippen LogP contribution is -2.02. The Labute approximate surface area is 188 Å². The summed E-state index contributed by atoms with van der Waals surface area (Å²) >= 11 is 6.24. The summed E-state index contributed by atoms with van der Waals surface area (Å²) < 4.78 is 2.23. The van der Waals surface area contributed by atoms with Crippen molar-refractivity contribution in [3.05, 3.63) is 94.3 Å². The molecular weight excluding hydrogens is 404 g/mol. The maximum Gasteiger partial charge on any atom is 0.163 e. The standard InChI is InChI=1S/C27H27ClN2O/c1-3-4-12-27-29-24-18-21(26(31)16-14-20-9-5-6-11-23(20)28)13-15-25(24)30(27)22-10-7-8-19(2)17-22/h5-11,13,15,17-18H,3-4,12,14,16H2,1-2H3. The number of aryl methyl sites for hydroxylation is 3. The van der Waals surface area contributed by atoms with Gasteiger partial charge in [-0.05, 0) is 67.3 Å². The van der Waals surface area contributed by atoms with Crippen LogP contribution in [0.25, 0.3) is 16.7 Å². The fourth-order valence-electron chi connectivity index (χ4n) is 3.96. The Morgan fingerprint density at radius 3 is 2.61 bits per heavy atom. The quantitative estimate of drug-likeness (QED) is 0.278. The Morgan fingerprint density at radius 1 is 1.00 bits per heavy atom. The number of ketones is 1. The lowest BCUT2D eigenvalue weighted by molar-refractivity contribution is 0.0983. The largest absolute Gasteiger partial charge is 0.296 e. The lowest BCUT2D eigenvalue weighted by atomic mass is 10.0. The van der Waals surface area contributed by atoms with E-state index in [-0.39, 0.29) is 5.78 Å². The molecule has 4 rings (SSSR count). The molecule has 1 aromatic heterocycles. The van der Waals surface area contributed by atoms with E-state index in [1.165, 1.54) is 5.56 Å². The Balaban J connectivity index is 1.65. The molecule has 0 spiro atoms. The summed E-state index contributed by atoms with van der Waals surface area (Å²) in [6, 6.07) is 22.1. The van der Waals surface area contributed by atoms with Crippen LogP contribution >= 0.6 is 11.6 Å². The van der Waals surface area contributed by atoms with Crippen LogP contribution in [0.5, 0.6) is 0 Å². The number of nitrogens with zero attached hydrogens (tertiary/aromatic N) is 2. The summed E-state index contributed by atoms with van der Waals surface area (Å²) in [5.74, 6) is 1.16. The molecular formula is C27H27ClN2O.